The van der Waals surface area contributed by atoms with Gasteiger partial charge in [0.2, 0.25) is 5.88 Å². The molecule has 2 saturated heterocycles. The van der Waals surface area contributed by atoms with Crippen molar-refractivity contribution >= 4 is 68.0 Å². The normalized spacial score (nSPS) is 20.1. The smallest absolute Gasteiger partial charge is 0.264 e. The van der Waals surface area contributed by atoms with E-state index in [0.717, 1.165) is 34.7 Å². The van der Waals surface area contributed by atoms with E-state index in [4.69, 9.17) is 16.0 Å². The van der Waals surface area contributed by atoms with Crippen LogP contribution < -0.4 is 10.2 Å². The number of amides is 1. The third-order valence-electron chi connectivity index (χ3n) is 4.40. The van der Waals surface area contributed by atoms with E-state index in [0.29, 0.717) is 20.9 Å². The van der Waals surface area contributed by atoms with Crippen molar-refractivity contribution in [2.24, 2.45) is 4.99 Å². The third kappa shape index (κ3) is 4.10. The van der Waals surface area contributed by atoms with Crippen LogP contribution in [0, 0.1) is 6.92 Å². The summed E-state index contributed by atoms with van der Waals surface area (Å²) in [6.45, 7) is 3.94. The van der Waals surface area contributed by atoms with Crippen molar-refractivity contribution in [3.05, 3.63) is 50.0 Å². The summed E-state index contributed by atoms with van der Waals surface area (Å²) in [6, 6.07) is 7.40. The summed E-state index contributed by atoms with van der Waals surface area (Å²) in [5.74, 6) is 1.28. The van der Waals surface area contributed by atoms with Crippen molar-refractivity contribution < 1.29 is 9.21 Å². The number of carbonyl (C=O) groups excluding carboxylic acids is 1. The molecule has 1 aromatic heterocycles. The van der Waals surface area contributed by atoms with Crippen LogP contribution in [0.5, 0.6) is 0 Å². The highest BCUT2D eigenvalue weighted by Gasteiger charge is 2.25. The number of hydrogen-bond donors (Lipinski definition) is 1. The molecule has 0 spiro atoms. The maximum atomic E-state index is 12.3. The van der Waals surface area contributed by atoms with Crippen molar-refractivity contribution in [1.29, 1.82) is 0 Å². The van der Waals surface area contributed by atoms with Crippen LogP contribution in [0.3, 0.4) is 0 Å². The Hall–Kier alpha value is -1.70. The highest BCUT2D eigenvalue weighted by Crippen LogP contribution is 2.35. The van der Waals surface area contributed by atoms with Gasteiger partial charge < -0.3 is 14.6 Å². The summed E-state index contributed by atoms with van der Waals surface area (Å²) in [5, 5.41) is 3.94. The van der Waals surface area contributed by atoms with E-state index >= 15 is 0 Å². The van der Waals surface area contributed by atoms with E-state index in [1.807, 2.05) is 25.1 Å². The van der Waals surface area contributed by atoms with E-state index < -0.39 is 0 Å². The Balaban J connectivity index is 1.56. The molecule has 1 amide bonds. The van der Waals surface area contributed by atoms with Crippen molar-refractivity contribution in [2.45, 2.75) is 19.8 Å². The van der Waals surface area contributed by atoms with Gasteiger partial charge in [-0.1, -0.05) is 17.7 Å². The number of benzene rings is 1. The molecule has 2 aliphatic rings. The number of carbonyl (C=O) groups is 1. The number of anilines is 1. The van der Waals surface area contributed by atoms with E-state index in [-0.39, 0.29) is 5.91 Å². The molecule has 2 aromatic rings. The molecule has 0 unspecified atom stereocenters. The summed E-state index contributed by atoms with van der Waals surface area (Å²) in [7, 11) is 0. The van der Waals surface area contributed by atoms with Crippen LogP contribution in [-0.2, 0) is 4.79 Å². The van der Waals surface area contributed by atoms with Gasteiger partial charge in [-0.2, -0.15) is 0 Å². The lowest BCUT2D eigenvalue weighted by atomic mass is 10.2. The molecule has 0 aliphatic carbocycles. The maximum Gasteiger partial charge on any atom is 0.264 e. The summed E-state index contributed by atoms with van der Waals surface area (Å²) in [4.78, 5) is 19.6. The first-order valence-corrected chi connectivity index (χ1v) is 10.6. The highest BCUT2D eigenvalue weighted by molar-refractivity contribution is 9.10. The summed E-state index contributed by atoms with van der Waals surface area (Å²) >= 11 is 10.9. The highest BCUT2D eigenvalue weighted by atomic mass is 79.9. The monoisotopic (exact) mass is 465 g/mol. The Morgan fingerprint density at radius 3 is 2.89 bits per heavy atom. The van der Waals surface area contributed by atoms with Gasteiger partial charge in [0.15, 0.2) is 5.17 Å². The van der Waals surface area contributed by atoms with Crippen molar-refractivity contribution in [3.8, 4) is 0 Å². The minimum Gasteiger partial charge on any atom is -0.440 e. The minimum atomic E-state index is -0.186. The number of thioether (sulfide) groups is 1. The Bertz CT molecular complexity index is 964. The molecular formula is C19H17BrClN3O2S. The Labute approximate surface area is 175 Å². The number of halogens is 2. The van der Waals surface area contributed by atoms with Crippen LogP contribution in [0.4, 0.5) is 11.6 Å². The predicted octanol–water partition coefficient (Wildman–Crippen LogP) is 5.50. The minimum absolute atomic E-state index is 0.186. The standard InChI is InChI=1S/C19H17BrClN3O2S/c1-11-4-5-12(21)8-15(11)22-19-23-17(25)16(27-19)10-13-9-14(20)18(26-13)24-6-2-3-7-24/h4-5,8-10H,2-3,6-7H2,1H3,(H,22,23,25)/b16-10-. The SMILES string of the molecule is Cc1ccc(Cl)cc1N=C1NC(=O)/C(=C/c2cc(Br)c(N3CCCC3)o2)S1. The molecule has 0 saturated carbocycles. The van der Waals surface area contributed by atoms with Crippen LogP contribution in [0.15, 0.2) is 43.1 Å². The summed E-state index contributed by atoms with van der Waals surface area (Å²) in [5.41, 5.74) is 1.73. The van der Waals surface area contributed by atoms with Crippen LogP contribution in [0.1, 0.15) is 24.2 Å². The zero-order valence-corrected chi connectivity index (χ0v) is 17.7. The fourth-order valence-corrected chi connectivity index (χ4v) is 4.54. The van der Waals surface area contributed by atoms with Gasteiger partial charge in [-0.25, -0.2) is 4.99 Å². The van der Waals surface area contributed by atoms with E-state index in [1.54, 1.807) is 12.1 Å². The topological polar surface area (TPSA) is 57.8 Å². The molecule has 0 bridgehead atoms. The van der Waals surface area contributed by atoms with Crippen molar-refractivity contribution in [2.75, 3.05) is 18.0 Å². The first-order chi connectivity index (χ1) is 13.0. The van der Waals surface area contributed by atoms with Gasteiger partial charge in [0, 0.05) is 30.3 Å². The van der Waals surface area contributed by atoms with Crippen LogP contribution in [-0.4, -0.2) is 24.2 Å². The number of aryl methyl sites for hydroxylation is 1. The first-order valence-electron chi connectivity index (χ1n) is 8.59. The second-order valence-electron chi connectivity index (χ2n) is 6.41. The van der Waals surface area contributed by atoms with Crippen LogP contribution in [0.2, 0.25) is 5.02 Å². The predicted molar refractivity (Wildman–Crippen MR) is 115 cm³/mol. The summed E-state index contributed by atoms with van der Waals surface area (Å²) < 4.78 is 6.85. The number of amidine groups is 1. The average Bonchev–Trinajstić information content (AvgIpc) is 3.33. The second-order valence-corrected chi connectivity index (χ2v) is 8.73. The zero-order chi connectivity index (χ0) is 19.0. The van der Waals surface area contributed by atoms with Gasteiger partial charge in [-0.15, -0.1) is 0 Å². The molecule has 1 aromatic carbocycles. The van der Waals surface area contributed by atoms with E-state index in [1.165, 1.54) is 24.6 Å². The molecule has 0 atom stereocenters. The van der Waals surface area contributed by atoms with Gasteiger partial charge in [0.05, 0.1) is 15.1 Å². The van der Waals surface area contributed by atoms with Gasteiger partial charge in [0.25, 0.3) is 5.91 Å². The van der Waals surface area contributed by atoms with Crippen molar-refractivity contribution in [1.82, 2.24) is 5.32 Å². The molecule has 2 aliphatic heterocycles. The quantitative estimate of drug-likeness (QED) is 0.607. The van der Waals surface area contributed by atoms with Crippen LogP contribution >= 0.6 is 39.3 Å². The van der Waals surface area contributed by atoms with Crippen LogP contribution in [0.25, 0.3) is 6.08 Å². The largest absolute Gasteiger partial charge is 0.440 e. The maximum absolute atomic E-state index is 12.3. The molecule has 140 valence electrons. The van der Waals surface area contributed by atoms with Crippen molar-refractivity contribution in [3.63, 3.8) is 0 Å². The molecule has 3 heterocycles. The number of nitrogens with zero attached hydrogens (tertiary/aromatic N) is 2. The second kappa shape index (κ2) is 7.73. The number of rotatable bonds is 3. The number of nitrogens with one attached hydrogen (secondary N) is 1. The van der Waals surface area contributed by atoms with Gasteiger partial charge in [0.1, 0.15) is 5.76 Å². The summed E-state index contributed by atoms with van der Waals surface area (Å²) in [6.07, 6.45) is 4.09. The molecule has 4 rings (SSSR count). The number of aliphatic imine (C=N–C) groups is 1. The van der Waals surface area contributed by atoms with Gasteiger partial charge >= 0.3 is 0 Å². The lowest BCUT2D eigenvalue weighted by Gasteiger charge is -2.13. The fraction of sp³-hybridized carbons (Fsp3) is 0.263. The number of hydrogen-bond acceptors (Lipinski definition) is 5. The molecule has 0 radical (unpaired) electrons. The van der Waals surface area contributed by atoms with E-state index in [2.05, 4.69) is 31.1 Å². The Morgan fingerprint density at radius 2 is 2.11 bits per heavy atom. The molecule has 27 heavy (non-hydrogen) atoms. The Kier molecular flexibility index (Phi) is 5.34. The lowest BCUT2D eigenvalue weighted by Crippen LogP contribution is -2.19. The molecular weight excluding hydrogens is 450 g/mol. The molecule has 2 fully saturated rings. The zero-order valence-electron chi connectivity index (χ0n) is 14.6. The van der Waals surface area contributed by atoms with Gasteiger partial charge in [-0.3, -0.25) is 4.79 Å². The number of furan rings is 1. The molecule has 8 heteroatoms. The third-order valence-corrected chi connectivity index (χ3v) is 6.11. The first kappa shape index (κ1) is 18.7. The molecule has 1 N–H and O–H groups in total. The Morgan fingerprint density at radius 1 is 1.33 bits per heavy atom. The lowest BCUT2D eigenvalue weighted by molar-refractivity contribution is -0.115. The average molecular weight is 467 g/mol. The fourth-order valence-electron chi connectivity index (χ4n) is 3.01. The van der Waals surface area contributed by atoms with E-state index in [9.17, 15) is 4.79 Å². The van der Waals surface area contributed by atoms with Gasteiger partial charge in [-0.05, 0) is 65.2 Å². The molecule has 5 nitrogen and oxygen atoms in total.